The second-order valence-electron chi connectivity index (χ2n) is 9.38. The SMILES string of the molecule is N#CC1=C(N)C(C(=O)N2CCCCC2)C(c2ccc(Cl)cc2)C1(c1ccccc1)c1ccccc1. The summed E-state index contributed by atoms with van der Waals surface area (Å²) in [6, 6.07) is 30.1. The Morgan fingerprint density at radius 3 is 1.94 bits per heavy atom. The van der Waals surface area contributed by atoms with E-state index in [1.54, 1.807) is 0 Å². The summed E-state index contributed by atoms with van der Waals surface area (Å²) in [5.74, 6) is -1.04. The van der Waals surface area contributed by atoms with E-state index in [0.717, 1.165) is 49.0 Å². The van der Waals surface area contributed by atoms with E-state index in [9.17, 15) is 10.1 Å². The summed E-state index contributed by atoms with van der Waals surface area (Å²) in [6.45, 7) is 1.45. The number of nitriles is 1. The molecule has 3 aromatic rings. The standard InChI is InChI=1S/C30H28ClN3O/c31-24-16-14-21(15-17-24)27-26(29(35)34-18-8-3-9-19-34)28(33)25(20-32)30(27,22-10-4-1-5-11-22)23-12-6-2-7-13-23/h1-2,4-7,10-17,26-27H,3,8-9,18-19,33H2. The zero-order valence-electron chi connectivity index (χ0n) is 19.5. The number of halogens is 1. The van der Waals surface area contributed by atoms with E-state index < -0.39 is 17.3 Å². The number of amides is 1. The van der Waals surface area contributed by atoms with Crippen molar-refractivity contribution in [2.45, 2.75) is 30.6 Å². The minimum Gasteiger partial charge on any atom is -0.401 e. The van der Waals surface area contributed by atoms with Crippen molar-refractivity contribution in [2.75, 3.05) is 13.1 Å². The Labute approximate surface area is 211 Å². The van der Waals surface area contributed by atoms with Crippen molar-refractivity contribution in [3.8, 4) is 6.07 Å². The Bertz CT molecular complexity index is 1230. The first-order valence-corrected chi connectivity index (χ1v) is 12.5. The normalized spacial score (nSPS) is 21.5. The number of piperidine rings is 1. The molecule has 1 aliphatic heterocycles. The molecule has 0 radical (unpaired) electrons. The number of benzene rings is 3. The molecule has 2 atom stereocenters. The summed E-state index contributed by atoms with van der Waals surface area (Å²) in [5, 5.41) is 11.2. The number of carbonyl (C=O) groups is 1. The molecule has 0 aromatic heterocycles. The number of hydrogen-bond donors (Lipinski definition) is 1. The molecule has 176 valence electrons. The molecule has 5 rings (SSSR count). The van der Waals surface area contributed by atoms with Gasteiger partial charge in [0.25, 0.3) is 0 Å². The molecule has 0 spiro atoms. The van der Waals surface area contributed by atoms with Crippen LogP contribution in [-0.2, 0) is 10.2 Å². The van der Waals surface area contributed by atoms with E-state index in [2.05, 4.69) is 6.07 Å². The van der Waals surface area contributed by atoms with Crippen LogP contribution in [0.1, 0.15) is 41.9 Å². The van der Waals surface area contributed by atoms with E-state index in [0.29, 0.717) is 16.3 Å². The van der Waals surface area contributed by atoms with E-state index in [1.807, 2.05) is 89.8 Å². The van der Waals surface area contributed by atoms with Gasteiger partial charge >= 0.3 is 0 Å². The second kappa shape index (κ2) is 9.60. The van der Waals surface area contributed by atoms with Crippen molar-refractivity contribution in [1.82, 2.24) is 4.90 Å². The Morgan fingerprint density at radius 1 is 0.886 bits per heavy atom. The van der Waals surface area contributed by atoms with E-state index in [4.69, 9.17) is 17.3 Å². The maximum atomic E-state index is 14.1. The molecule has 2 N–H and O–H groups in total. The third-order valence-corrected chi connectivity index (χ3v) is 7.80. The number of rotatable bonds is 4. The van der Waals surface area contributed by atoms with E-state index in [1.165, 1.54) is 0 Å². The topological polar surface area (TPSA) is 70.1 Å². The number of allylic oxidation sites excluding steroid dienone is 1. The third-order valence-electron chi connectivity index (χ3n) is 7.55. The molecule has 2 unspecified atom stereocenters. The summed E-state index contributed by atoms with van der Waals surface area (Å²) >= 11 is 6.27. The van der Waals surface area contributed by atoms with Gasteiger partial charge in [0.15, 0.2) is 0 Å². The quantitative estimate of drug-likeness (QED) is 0.512. The second-order valence-corrected chi connectivity index (χ2v) is 9.81. The van der Waals surface area contributed by atoms with Gasteiger partial charge in [-0.2, -0.15) is 5.26 Å². The molecule has 35 heavy (non-hydrogen) atoms. The number of nitrogens with two attached hydrogens (primary N) is 1. The van der Waals surface area contributed by atoms with Gasteiger partial charge in [-0.25, -0.2) is 0 Å². The van der Waals surface area contributed by atoms with Crippen LogP contribution in [0.2, 0.25) is 5.02 Å². The van der Waals surface area contributed by atoms with Gasteiger partial charge in [-0.15, -0.1) is 0 Å². The lowest BCUT2D eigenvalue weighted by Gasteiger charge is -2.41. The molecule has 0 saturated carbocycles. The van der Waals surface area contributed by atoms with Crippen LogP contribution in [0.25, 0.3) is 0 Å². The minimum atomic E-state index is -0.911. The Morgan fingerprint density at radius 2 is 1.43 bits per heavy atom. The van der Waals surface area contributed by atoms with Crippen LogP contribution >= 0.6 is 11.6 Å². The van der Waals surface area contributed by atoms with Crippen molar-refractivity contribution in [3.05, 3.63) is 118 Å². The molecule has 5 heteroatoms. The van der Waals surface area contributed by atoms with Crippen molar-refractivity contribution < 1.29 is 4.79 Å². The van der Waals surface area contributed by atoms with Crippen LogP contribution in [0.15, 0.2) is 96.2 Å². The fourth-order valence-electron chi connectivity index (χ4n) is 6.04. The van der Waals surface area contributed by atoms with Gasteiger partial charge < -0.3 is 10.6 Å². The van der Waals surface area contributed by atoms with Crippen LogP contribution in [0.4, 0.5) is 0 Å². The van der Waals surface area contributed by atoms with Crippen molar-refractivity contribution >= 4 is 17.5 Å². The van der Waals surface area contributed by atoms with Crippen molar-refractivity contribution in [3.63, 3.8) is 0 Å². The number of likely N-dealkylation sites (tertiary alicyclic amines) is 1. The highest BCUT2D eigenvalue weighted by Crippen LogP contribution is 2.59. The first kappa shape index (κ1) is 23.2. The predicted molar refractivity (Wildman–Crippen MR) is 139 cm³/mol. The Balaban J connectivity index is 1.82. The molecular formula is C30H28ClN3O. The molecule has 1 heterocycles. The molecule has 4 nitrogen and oxygen atoms in total. The first-order valence-electron chi connectivity index (χ1n) is 12.1. The van der Waals surface area contributed by atoms with Crippen molar-refractivity contribution in [2.24, 2.45) is 11.7 Å². The van der Waals surface area contributed by atoms with E-state index >= 15 is 0 Å². The van der Waals surface area contributed by atoms with Gasteiger partial charge in [0.1, 0.15) is 0 Å². The highest BCUT2D eigenvalue weighted by atomic mass is 35.5. The van der Waals surface area contributed by atoms with Gasteiger partial charge in [0.05, 0.1) is 23.0 Å². The lowest BCUT2D eigenvalue weighted by atomic mass is 9.61. The molecule has 1 saturated heterocycles. The summed E-state index contributed by atoms with van der Waals surface area (Å²) < 4.78 is 0. The van der Waals surface area contributed by atoms with Gasteiger partial charge in [0, 0.05) is 29.7 Å². The highest BCUT2D eigenvalue weighted by Gasteiger charge is 2.58. The maximum Gasteiger partial charge on any atom is 0.232 e. The number of nitrogens with zero attached hydrogens (tertiary/aromatic N) is 2. The van der Waals surface area contributed by atoms with E-state index in [-0.39, 0.29) is 5.91 Å². The van der Waals surface area contributed by atoms with Crippen LogP contribution in [-0.4, -0.2) is 23.9 Å². The zero-order valence-corrected chi connectivity index (χ0v) is 20.3. The molecular weight excluding hydrogens is 454 g/mol. The molecule has 0 bridgehead atoms. The van der Waals surface area contributed by atoms with Gasteiger partial charge in [-0.1, -0.05) is 84.4 Å². The Hall–Kier alpha value is -3.55. The molecule has 1 fully saturated rings. The van der Waals surface area contributed by atoms with Crippen molar-refractivity contribution in [1.29, 1.82) is 5.26 Å². The fraction of sp³-hybridized carbons (Fsp3) is 0.267. The molecule has 3 aromatic carbocycles. The number of carbonyl (C=O) groups excluding carboxylic acids is 1. The smallest absolute Gasteiger partial charge is 0.232 e. The highest BCUT2D eigenvalue weighted by molar-refractivity contribution is 6.30. The molecule has 1 amide bonds. The first-order chi connectivity index (χ1) is 17.1. The fourth-order valence-corrected chi connectivity index (χ4v) is 6.16. The maximum absolute atomic E-state index is 14.1. The zero-order chi connectivity index (χ0) is 24.4. The largest absolute Gasteiger partial charge is 0.401 e. The average molecular weight is 482 g/mol. The van der Waals surface area contributed by atoms with Crippen LogP contribution in [0.3, 0.4) is 0 Å². The van der Waals surface area contributed by atoms with Gasteiger partial charge in [-0.3, -0.25) is 4.79 Å². The predicted octanol–water partition coefficient (Wildman–Crippen LogP) is 5.79. The molecule has 1 aliphatic carbocycles. The van der Waals surface area contributed by atoms with Crippen LogP contribution in [0.5, 0.6) is 0 Å². The third kappa shape index (κ3) is 3.81. The lowest BCUT2D eigenvalue weighted by molar-refractivity contribution is -0.136. The monoisotopic (exact) mass is 481 g/mol. The van der Waals surface area contributed by atoms with Crippen LogP contribution in [0, 0.1) is 17.2 Å². The van der Waals surface area contributed by atoms with Crippen LogP contribution < -0.4 is 5.73 Å². The van der Waals surface area contributed by atoms with Gasteiger partial charge in [0.2, 0.25) is 5.91 Å². The summed E-state index contributed by atoms with van der Waals surface area (Å²) in [6.07, 6.45) is 3.10. The summed E-state index contributed by atoms with van der Waals surface area (Å²) in [4.78, 5) is 16.1. The minimum absolute atomic E-state index is 0.00337. The summed E-state index contributed by atoms with van der Waals surface area (Å²) in [7, 11) is 0. The molecule has 2 aliphatic rings. The Kier molecular flexibility index (Phi) is 6.36. The number of hydrogen-bond acceptors (Lipinski definition) is 3. The lowest BCUT2D eigenvalue weighted by Crippen LogP contribution is -2.45. The summed E-state index contributed by atoms with van der Waals surface area (Å²) in [5.41, 5.74) is 9.57. The average Bonchev–Trinajstić information content (AvgIpc) is 3.19. The van der Waals surface area contributed by atoms with Gasteiger partial charge in [-0.05, 0) is 48.1 Å².